The Balaban J connectivity index is 1.73. The monoisotopic (exact) mass is 747 g/mol. The van der Waals surface area contributed by atoms with Crippen LogP contribution in [0.4, 0.5) is 0 Å². The molecular weight excluding hydrogens is 707 g/mol. The molecule has 3 aromatic carbocycles. The summed E-state index contributed by atoms with van der Waals surface area (Å²) in [6, 6.07) is 23.7. The maximum atomic E-state index is 13.7. The molecule has 1 aromatic heterocycles. The zero-order valence-corrected chi connectivity index (χ0v) is 31.5. The van der Waals surface area contributed by atoms with E-state index >= 15 is 0 Å². The van der Waals surface area contributed by atoms with E-state index in [1.54, 1.807) is 19.1 Å². The summed E-state index contributed by atoms with van der Waals surface area (Å²) < 4.78 is 53.6. The summed E-state index contributed by atoms with van der Waals surface area (Å²) in [5.41, 5.74) is 7.30. The number of hydrogen-bond donors (Lipinski definition) is 1. The molecule has 1 fully saturated rings. The highest BCUT2D eigenvalue weighted by atomic mass is 32.2. The first kappa shape index (κ1) is 38.4. The molecule has 0 radical (unpaired) electrons. The summed E-state index contributed by atoms with van der Waals surface area (Å²) in [6.07, 6.45) is -1.79. The number of nitrogens with zero attached hydrogens (tertiary/aromatic N) is 4. The molecule has 1 aliphatic rings. The number of esters is 1. The number of azide groups is 1. The lowest BCUT2D eigenvalue weighted by Gasteiger charge is -2.45. The van der Waals surface area contributed by atoms with E-state index < -0.39 is 77.9 Å². The van der Waals surface area contributed by atoms with Crippen LogP contribution < -0.4 is 21.6 Å². The first-order valence-electron chi connectivity index (χ1n) is 16.5. The molecule has 5 rings (SSSR count). The van der Waals surface area contributed by atoms with Gasteiger partial charge in [0.25, 0.3) is 24.0 Å². The van der Waals surface area contributed by atoms with Crippen molar-refractivity contribution >= 4 is 34.8 Å². The average molecular weight is 748 g/mol. The Morgan fingerprint density at radius 1 is 0.981 bits per heavy atom. The van der Waals surface area contributed by atoms with E-state index in [2.05, 4.69) is 15.0 Å². The smallest absolute Gasteiger partial charge is 0.330 e. The molecule has 0 bridgehead atoms. The Morgan fingerprint density at radius 2 is 1.56 bits per heavy atom. The van der Waals surface area contributed by atoms with Crippen molar-refractivity contribution in [2.75, 3.05) is 13.2 Å². The molecule has 274 valence electrons. The number of aromatic amines is 1. The van der Waals surface area contributed by atoms with Crippen LogP contribution in [0.25, 0.3) is 10.4 Å². The van der Waals surface area contributed by atoms with Gasteiger partial charge in [0, 0.05) is 23.6 Å². The van der Waals surface area contributed by atoms with Crippen molar-refractivity contribution in [1.29, 1.82) is 0 Å². The van der Waals surface area contributed by atoms with Crippen LogP contribution in [0, 0.1) is 13.8 Å². The fraction of sp³-hybridized carbons (Fsp3) is 0.361. The van der Waals surface area contributed by atoms with Crippen LogP contribution in [0.1, 0.15) is 45.0 Å². The minimum Gasteiger partial charge on any atom is -0.457 e. The SMILES string of the molecule is CC(=O)O[C@H]1[C@H](n2cc(C)c(=O)[nH]c2=O)O[C@@](CO[Si](c2ccccc2)(c2ccccc2)C(C)(C)C)(COS(=O)(=O)c2ccc(C)cc2)[C@H]1N=[N+]=[N-]. The van der Waals surface area contributed by atoms with Crippen LogP contribution in [-0.4, -0.2) is 63.2 Å². The molecule has 2 heterocycles. The largest absolute Gasteiger partial charge is 0.457 e. The van der Waals surface area contributed by atoms with E-state index in [0.717, 1.165) is 27.4 Å². The van der Waals surface area contributed by atoms with E-state index in [1.165, 1.54) is 25.3 Å². The van der Waals surface area contributed by atoms with Crippen molar-refractivity contribution in [2.45, 2.75) is 75.5 Å². The summed E-state index contributed by atoms with van der Waals surface area (Å²) in [4.78, 5) is 43.3. The van der Waals surface area contributed by atoms with Gasteiger partial charge in [-0.2, -0.15) is 8.42 Å². The van der Waals surface area contributed by atoms with Crippen LogP contribution in [0.5, 0.6) is 0 Å². The molecule has 1 N–H and O–H groups in total. The Morgan fingerprint density at radius 3 is 2.08 bits per heavy atom. The zero-order valence-electron chi connectivity index (χ0n) is 29.7. The molecule has 1 saturated heterocycles. The first-order chi connectivity index (χ1) is 24.5. The van der Waals surface area contributed by atoms with Crippen molar-refractivity contribution in [3.8, 4) is 0 Å². The average Bonchev–Trinajstić information content (AvgIpc) is 3.38. The number of ether oxygens (including phenoxy) is 2. The van der Waals surface area contributed by atoms with Gasteiger partial charge in [-0.1, -0.05) is 104 Å². The minimum atomic E-state index is -4.45. The predicted molar refractivity (Wildman–Crippen MR) is 195 cm³/mol. The maximum Gasteiger partial charge on any atom is 0.330 e. The molecule has 0 spiro atoms. The van der Waals surface area contributed by atoms with Crippen LogP contribution >= 0.6 is 0 Å². The maximum absolute atomic E-state index is 13.7. The van der Waals surface area contributed by atoms with Gasteiger partial charge in [0.1, 0.15) is 11.6 Å². The lowest BCUT2D eigenvalue weighted by atomic mass is 9.94. The summed E-state index contributed by atoms with van der Waals surface area (Å²) in [5, 5.41) is 5.22. The Labute approximate surface area is 302 Å². The molecule has 14 nitrogen and oxygen atoms in total. The van der Waals surface area contributed by atoms with Gasteiger partial charge >= 0.3 is 11.7 Å². The molecular formula is C36H41N5O9SSi. The van der Waals surface area contributed by atoms with E-state index in [0.29, 0.717) is 0 Å². The second-order valence-electron chi connectivity index (χ2n) is 13.8. The van der Waals surface area contributed by atoms with Crippen LogP contribution in [0.3, 0.4) is 0 Å². The molecule has 4 aromatic rings. The van der Waals surface area contributed by atoms with E-state index in [-0.39, 0.29) is 10.5 Å². The highest BCUT2D eigenvalue weighted by molar-refractivity contribution is 7.86. The number of hydrogen-bond acceptors (Lipinski definition) is 10. The minimum absolute atomic E-state index is 0.129. The topological polar surface area (TPSA) is 192 Å². The normalized spacial score (nSPS) is 20.6. The first-order valence-corrected chi connectivity index (χ1v) is 19.8. The number of carbonyl (C=O) groups is 1. The van der Waals surface area contributed by atoms with Gasteiger partial charge in [-0.3, -0.25) is 23.3 Å². The Kier molecular flexibility index (Phi) is 11.1. The molecule has 0 saturated carbocycles. The van der Waals surface area contributed by atoms with Gasteiger partial charge in [-0.05, 0) is 46.9 Å². The lowest BCUT2D eigenvalue weighted by Crippen LogP contribution is -2.68. The summed E-state index contributed by atoms with van der Waals surface area (Å²) in [7, 11) is -7.84. The molecule has 0 aliphatic carbocycles. The second kappa shape index (κ2) is 15.0. The summed E-state index contributed by atoms with van der Waals surface area (Å²) in [5.74, 6) is -0.803. The fourth-order valence-corrected chi connectivity index (χ4v) is 12.2. The number of nitrogens with one attached hydrogen (secondary N) is 1. The third-order valence-corrected chi connectivity index (χ3v) is 15.4. The molecule has 0 unspecified atom stereocenters. The van der Waals surface area contributed by atoms with Crippen LogP contribution in [-0.2, 0) is 33.0 Å². The fourth-order valence-electron chi connectivity index (χ4n) is 6.59. The van der Waals surface area contributed by atoms with Crippen molar-refractivity contribution in [1.82, 2.24) is 9.55 Å². The quantitative estimate of drug-likeness (QED) is 0.0557. The Bertz CT molecular complexity index is 2140. The third kappa shape index (κ3) is 7.53. The molecule has 0 amide bonds. The van der Waals surface area contributed by atoms with Crippen molar-refractivity contribution in [2.24, 2.45) is 5.11 Å². The third-order valence-electron chi connectivity index (χ3n) is 9.10. The standard InChI is InChI=1S/C36H41N5O9SSi/c1-24-17-19-27(20-18-24)51(45,46)47-22-36(23-48-52(35(4,5)6,28-13-9-7-10-14-28)29-15-11-8-12-16-29)31(39-40-37)30(49-26(3)42)33(50-36)41-21-25(2)32(43)38-34(41)44/h7-21,30-31,33H,22-23H2,1-6H3,(H,38,43,44)/t30-,31+,33-,36-/m1/s1. The van der Waals surface area contributed by atoms with Gasteiger partial charge in [-0.15, -0.1) is 0 Å². The van der Waals surface area contributed by atoms with Gasteiger partial charge < -0.3 is 13.9 Å². The molecule has 1 aliphatic heterocycles. The zero-order chi connectivity index (χ0) is 37.9. The lowest BCUT2D eigenvalue weighted by molar-refractivity contribution is -0.156. The number of aromatic nitrogens is 2. The predicted octanol–water partition coefficient (Wildman–Crippen LogP) is 4.01. The van der Waals surface area contributed by atoms with Crippen LogP contribution in [0.15, 0.2) is 111 Å². The molecule has 52 heavy (non-hydrogen) atoms. The molecule has 16 heteroatoms. The number of benzene rings is 3. The molecule has 4 atom stereocenters. The van der Waals surface area contributed by atoms with Gasteiger partial charge in [0.15, 0.2) is 12.3 Å². The highest BCUT2D eigenvalue weighted by Crippen LogP contribution is 2.44. The Hall–Kier alpha value is -4.83. The van der Waals surface area contributed by atoms with Gasteiger partial charge in [0.05, 0.1) is 18.1 Å². The van der Waals surface area contributed by atoms with Crippen molar-refractivity contribution in [3.05, 3.63) is 134 Å². The van der Waals surface area contributed by atoms with E-state index in [1.807, 2.05) is 81.4 Å². The van der Waals surface area contributed by atoms with E-state index in [4.69, 9.17) is 18.1 Å². The van der Waals surface area contributed by atoms with Gasteiger partial charge in [-0.25, -0.2) is 4.79 Å². The number of carbonyl (C=O) groups excluding carboxylic acids is 1. The summed E-state index contributed by atoms with van der Waals surface area (Å²) >= 11 is 0. The van der Waals surface area contributed by atoms with Crippen molar-refractivity contribution < 1.29 is 31.3 Å². The van der Waals surface area contributed by atoms with Gasteiger partial charge in [0.2, 0.25) is 0 Å². The second-order valence-corrected chi connectivity index (χ2v) is 19.7. The number of aryl methyl sites for hydroxylation is 2. The van der Waals surface area contributed by atoms with Crippen molar-refractivity contribution in [3.63, 3.8) is 0 Å². The van der Waals surface area contributed by atoms with E-state index in [9.17, 15) is 28.3 Å². The van der Waals surface area contributed by atoms with Crippen LogP contribution in [0.2, 0.25) is 5.04 Å². The number of rotatable bonds is 12. The number of H-pyrrole nitrogens is 1. The highest BCUT2D eigenvalue weighted by Gasteiger charge is 2.61. The summed E-state index contributed by atoms with van der Waals surface area (Å²) in [6.45, 7) is 9.29.